The number of hydrogen-bond acceptors (Lipinski definition) is 8. The van der Waals surface area contributed by atoms with Gasteiger partial charge < -0.3 is 20.3 Å². The van der Waals surface area contributed by atoms with E-state index in [4.69, 9.17) is 15.5 Å². The number of alkyl halides is 2. The van der Waals surface area contributed by atoms with Gasteiger partial charge in [-0.3, -0.25) is 0 Å². The van der Waals surface area contributed by atoms with Crippen LogP contribution in [0.5, 0.6) is 0 Å². The van der Waals surface area contributed by atoms with Crippen LogP contribution < -0.4 is 15.5 Å². The van der Waals surface area contributed by atoms with Gasteiger partial charge in [-0.1, -0.05) is 0 Å². The Morgan fingerprint density at radius 2 is 2.00 bits per heavy atom. The second-order valence-corrected chi connectivity index (χ2v) is 8.09. The quantitative estimate of drug-likeness (QED) is 0.833. The Hall–Kier alpha value is -2.62. The number of hydrogen-bond donors (Lipinski definition) is 1. The van der Waals surface area contributed by atoms with Crippen molar-refractivity contribution < 1.29 is 13.5 Å². The number of rotatable bonds is 3. The maximum absolute atomic E-state index is 13.8. The summed E-state index contributed by atoms with van der Waals surface area (Å²) >= 11 is 0. The summed E-state index contributed by atoms with van der Waals surface area (Å²) in [5, 5.41) is 0. The van der Waals surface area contributed by atoms with Gasteiger partial charge in [0.15, 0.2) is 0 Å². The predicted octanol–water partition coefficient (Wildman–Crippen LogP) is 2.12. The van der Waals surface area contributed by atoms with Crippen LogP contribution in [0.15, 0.2) is 18.5 Å². The van der Waals surface area contributed by atoms with Crippen molar-refractivity contribution in [3.63, 3.8) is 0 Å². The summed E-state index contributed by atoms with van der Waals surface area (Å²) in [6, 6.07) is 1.83. The highest BCUT2D eigenvalue weighted by atomic mass is 19.3. The molecule has 3 saturated heterocycles. The number of morpholine rings is 1. The van der Waals surface area contributed by atoms with Gasteiger partial charge in [-0.15, -0.1) is 0 Å². The van der Waals surface area contributed by atoms with E-state index in [0.29, 0.717) is 23.8 Å². The molecule has 0 saturated carbocycles. The average Bonchev–Trinajstić information content (AvgIpc) is 3.31. The number of nitrogens with zero attached hydrogens (tertiary/aromatic N) is 6. The van der Waals surface area contributed by atoms with Crippen LogP contribution in [0.3, 0.4) is 0 Å². The van der Waals surface area contributed by atoms with Gasteiger partial charge in [0.1, 0.15) is 5.82 Å². The molecule has 1 unspecified atom stereocenters. The van der Waals surface area contributed by atoms with Crippen LogP contribution in [-0.2, 0) is 4.74 Å². The van der Waals surface area contributed by atoms with E-state index in [9.17, 15) is 8.78 Å². The summed E-state index contributed by atoms with van der Waals surface area (Å²) in [5.74, 6) is -1.22. The second kappa shape index (κ2) is 6.72. The molecule has 8 nitrogen and oxygen atoms in total. The molecule has 0 spiro atoms. The van der Waals surface area contributed by atoms with E-state index in [1.54, 1.807) is 19.3 Å². The van der Waals surface area contributed by atoms with Crippen LogP contribution in [0.4, 0.5) is 26.5 Å². The molecule has 3 aliphatic heterocycles. The Morgan fingerprint density at radius 1 is 1.21 bits per heavy atom. The third-order valence-electron chi connectivity index (χ3n) is 5.96. The molecule has 2 aromatic heterocycles. The fourth-order valence-corrected chi connectivity index (χ4v) is 4.44. The molecular weight excluding hydrogens is 380 g/mol. The van der Waals surface area contributed by atoms with Gasteiger partial charge in [-0.05, 0) is 13.3 Å². The lowest BCUT2D eigenvalue weighted by Gasteiger charge is -2.38. The molecule has 0 aliphatic carbocycles. The smallest absolute Gasteiger partial charge is 0.251 e. The Kier molecular flexibility index (Phi) is 4.27. The van der Waals surface area contributed by atoms with Crippen LogP contribution >= 0.6 is 0 Å². The highest BCUT2D eigenvalue weighted by Crippen LogP contribution is 2.37. The van der Waals surface area contributed by atoms with E-state index >= 15 is 0 Å². The number of anilines is 3. The summed E-state index contributed by atoms with van der Waals surface area (Å²) in [6.45, 7) is 3.45. The van der Waals surface area contributed by atoms with Crippen LogP contribution in [-0.4, -0.2) is 63.7 Å². The van der Waals surface area contributed by atoms with Crippen molar-refractivity contribution in [3.8, 4) is 11.3 Å². The van der Waals surface area contributed by atoms with Gasteiger partial charge in [0.05, 0.1) is 24.4 Å². The van der Waals surface area contributed by atoms with Crippen LogP contribution in [0, 0.1) is 0 Å². The van der Waals surface area contributed by atoms with Gasteiger partial charge >= 0.3 is 0 Å². The Bertz CT molecular complexity index is 910. The van der Waals surface area contributed by atoms with Crippen molar-refractivity contribution in [3.05, 3.63) is 18.5 Å². The number of aromatic nitrogens is 4. The lowest BCUT2D eigenvalue weighted by atomic mass is 10.0. The molecule has 10 heteroatoms. The SMILES string of the molecule is CC1CC(F)(F)CCN1c1nc(-c2cnc(N)nc2)cc(N2C[C@@H]3C[C@H]2CO3)n1. The van der Waals surface area contributed by atoms with E-state index < -0.39 is 5.92 Å². The Labute approximate surface area is 167 Å². The zero-order valence-electron chi connectivity index (χ0n) is 16.1. The molecule has 3 aliphatic rings. The standard InChI is InChI=1S/C19H23F2N7O/c1-11-6-19(20,21)2-3-27(11)18-25-15(12-7-23-17(22)24-8-12)5-16(26-18)28-9-14-4-13(28)10-29-14/h5,7-8,11,13-14H,2-4,6,9-10H2,1H3,(H2,22,23,24)/t11?,13-,14-/m0/s1. The summed E-state index contributed by atoms with van der Waals surface area (Å²) in [6.07, 6.45) is 4.02. The molecule has 3 atom stereocenters. The first-order valence-electron chi connectivity index (χ1n) is 9.88. The fourth-order valence-electron chi connectivity index (χ4n) is 4.44. The summed E-state index contributed by atoms with van der Waals surface area (Å²) in [7, 11) is 0. The third kappa shape index (κ3) is 3.45. The largest absolute Gasteiger partial charge is 0.374 e. The zero-order chi connectivity index (χ0) is 20.2. The minimum absolute atomic E-state index is 0.184. The first-order chi connectivity index (χ1) is 13.9. The maximum atomic E-state index is 13.8. The number of fused-ring (bicyclic) bond motifs is 2. The van der Waals surface area contributed by atoms with E-state index in [2.05, 4.69) is 19.9 Å². The number of nitrogens with two attached hydrogens (primary N) is 1. The van der Waals surface area contributed by atoms with Crippen molar-refractivity contribution >= 4 is 17.7 Å². The molecule has 5 heterocycles. The number of ether oxygens (including phenoxy) is 1. The Balaban J connectivity index is 1.54. The molecule has 5 rings (SSSR count). The predicted molar refractivity (Wildman–Crippen MR) is 104 cm³/mol. The average molecular weight is 403 g/mol. The molecule has 2 N–H and O–H groups in total. The molecule has 2 bridgehead atoms. The minimum Gasteiger partial charge on any atom is -0.374 e. The number of nitrogen functional groups attached to an aromatic ring is 1. The molecule has 0 aromatic carbocycles. The Morgan fingerprint density at radius 3 is 2.66 bits per heavy atom. The van der Waals surface area contributed by atoms with Crippen LogP contribution in [0.1, 0.15) is 26.2 Å². The highest BCUT2D eigenvalue weighted by Gasteiger charge is 2.41. The molecule has 0 amide bonds. The van der Waals surface area contributed by atoms with Crippen molar-refractivity contribution in [1.82, 2.24) is 19.9 Å². The number of piperidine rings is 1. The lowest BCUT2D eigenvalue weighted by Crippen LogP contribution is -2.46. The first kappa shape index (κ1) is 18.4. The van der Waals surface area contributed by atoms with Crippen molar-refractivity contribution in [1.29, 1.82) is 0 Å². The van der Waals surface area contributed by atoms with Crippen molar-refractivity contribution in [2.24, 2.45) is 0 Å². The molecule has 3 fully saturated rings. The lowest BCUT2D eigenvalue weighted by molar-refractivity contribution is -0.0321. The van der Waals surface area contributed by atoms with E-state index in [1.165, 1.54) is 0 Å². The van der Waals surface area contributed by atoms with Crippen molar-refractivity contribution in [2.75, 3.05) is 35.2 Å². The maximum Gasteiger partial charge on any atom is 0.251 e. The molecule has 29 heavy (non-hydrogen) atoms. The van der Waals surface area contributed by atoms with Crippen LogP contribution in [0.25, 0.3) is 11.3 Å². The van der Waals surface area contributed by atoms with Gasteiger partial charge in [-0.2, -0.15) is 4.98 Å². The highest BCUT2D eigenvalue weighted by molar-refractivity contribution is 5.65. The molecular formula is C19H23F2N7O. The normalized spacial score (nSPS) is 28.2. The van der Waals surface area contributed by atoms with E-state index in [1.807, 2.05) is 11.0 Å². The van der Waals surface area contributed by atoms with Crippen molar-refractivity contribution in [2.45, 2.75) is 50.3 Å². The third-order valence-corrected chi connectivity index (χ3v) is 5.96. The molecule has 154 valence electrons. The summed E-state index contributed by atoms with van der Waals surface area (Å²) in [5.41, 5.74) is 6.97. The molecule has 2 aromatic rings. The van der Waals surface area contributed by atoms with Gasteiger partial charge in [0.2, 0.25) is 11.9 Å². The van der Waals surface area contributed by atoms with Gasteiger partial charge in [0.25, 0.3) is 5.92 Å². The zero-order valence-corrected chi connectivity index (χ0v) is 16.1. The molecule has 0 radical (unpaired) electrons. The second-order valence-electron chi connectivity index (χ2n) is 8.09. The van der Waals surface area contributed by atoms with E-state index in [0.717, 1.165) is 18.8 Å². The van der Waals surface area contributed by atoms with Gasteiger partial charge in [-0.25, -0.2) is 23.7 Å². The summed E-state index contributed by atoms with van der Waals surface area (Å²) < 4.78 is 33.4. The van der Waals surface area contributed by atoms with Crippen LogP contribution in [0.2, 0.25) is 0 Å². The first-order valence-corrected chi connectivity index (χ1v) is 9.88. The summed E-state index contributed by atoms with van der Waals surface area (Å²) in [4.78, 5) is 21.7. The minimum atomic E-state index is -2.65. The fraction of sp³-hybridized carbons (Fsp3) is 0.579. The monoisotopic (exact) mass is 403 g/mol. The van der Waals surface area contributed by atoms with E-state index in [-0.39, 0.29) is 43.5 Å². The topological polar surface area (TPSA) is 93.3 Å². The number of halogens is 2. The van der Waals surface area contributed by atoms with Gasteiger partial charge in [0, 0.05) is 56.0 Å².